The first-order valence-electron chi connectivity index (χ1n) is 4.54. The predicted molar refractivity (Wildman–Crippen MR) is 59.1 cm³/mol. The van der Waals surface area contributed by atoms with Gasteiger partial charge in [0.1, 0.15) is 0 Å². The van der Waals surface area contributed by atoms with Gasteiger partial charge in [-0.1, -0.05) is 0 Å². The summed E-state index contributed by atoms with van der Waals surface area (Å²) in [5, 5.41) is 19.2. The first-order valence-corrected chi connectivity index (χ1v) is 5.34. The summed E-state index contributed by atoms with van der Waals surface area (Å²) in [6.45, 7) is 1.95. The van der Waals surface area contributed by atoms with E-state index in [9.17, 15) is 14.6 Å². The molecule has 4 N–H and O–H groups in total. The van der Waals surface area contributed by atoms with Gasteiger partial charge in [0.15, 0.2) is 11.6 Å². The molecular weight excluding hydrogens is 265 g/mol. The van der Waals surface area contributed by atoms with Gasteiger partial charge < -0.3 is 15.9 Å². The van der Waals surface area contributed by atoms with Gasteiger partial charge in [-0.15, -0.1) is 0 Å². The van der Waals surface area contributed by atoms with Gasteiger partial charge >= 0.3 is 0 Å². The summed E-state index contributed by atoms with van der Waals surface area (Å²) in [5.41, 5.74) is 6.08. The SMILES string of the molecule is Cc1cc(F)c(O)c(C(O)CCN)c1Br. The van der Waals surface area contributed by atoms with Crippen molar-refractivity contribution in [2.24, 2.45) is 5.73 Å². The molecule has 1 aromatic carbocycles. The number of aryl methyl sites for hydroxylation is 1. The summed E-state index contributed by atoms with van der Waals surface area (Å²) in [6, 6.07) is 1.21. The van der Waals surface area contributed by atoms with Crippen LogP contribution in [-0.2, 0) is 0 Å². The molecule has 0 radical (unpaired) electrons. The molecule has 1 rings (SSSR count). The Kier molecular flexibility index (Phi) is 4.07. The first-order chi connectivity index (χ1) is 6.99. The largest absolute Gasteiger partial charge is 0.505 e. The Hall–Kier alpha value is -0.650. The lowest BCUT2D eigenvalue weighted by Crippen LogP contribution is -2.08. The fourth-order valence-electron chi connectivity index (χ4n) is 1.37. The zero-order valence-electron chi connectivity index (χ0n) is 8.30. The van der Waals surface area contributed by atoms with E-state index in [1.807, 2.05) is 0 Å². The minimum Gasteiger partial charge on any atom is -0.505 e. The van der Waals surface area contributed by atoms with Crippen molar-refractivity contribution in [2.45, 2.75) is 19.4 Å². The molecule has 0 aromatic heterocycles. The van der Waals surface area contributed by atoms with Crippen LogP contribution in [0.25, 0.3) is 0 Å². The lowest BCUT2D eigenvalue weighted by molar-refractivity contribution is 0.164. The molecule has 0 aliphatic heterocycles. The summed E-state index contributed by atoms with van der Waals surface area (Å²) >= 11 is 3.21. The highest BCUT2D eigenvalue weighted by molar-refractivity contribution is 9.10. The lowest BCUT2D eigenvalue weighted by atomic mass is 10.0. The smallest absolute Gasteiger partial charge is 0.165 e. The van der Waals surface area contributed by atoms with E-state index in [-0.39, 0.29) is 18.5 Å². The zero-order valence-corrected chi connectivity index (χ0v) is 9.88. The second-order valence-electron chi connectivity index (χ2n) is 3.34. The fraction of sp³-hybridized carbons (Fsp3) is 0.400. The molecular formula is C10H13BrFNO2. The van der Waals surface area contributed by atoms with E-state index in [4.69, 9.17) is 5.73 Å². The van der Waals surface area contributed by atoms with Crippen LogP contribution in [-0.4, -0.2) is 16.8 Å². The number of benzene rings is 1. The van der Waals surface area contributed by atoms with Gasteiger partial charge in [-0.25, -0.2) is 4.39 Å². The van der Waals surface area contributed by atoms with Crippen LogP contribution in [0.15, 0.2) is 10.5 Å². The van der Waals surface area contributed by atoms with Crippen molar-refractivity contribution in [3.8, 4) is 5.75 Å². The Morgan fingerprint density at radius 2 is 2.20 bits per heavy atom. The third kappa shape index (κ3) is 2.48. The molecule has 0 aliphatic carbocycles. The molecule has 0 heterocycles. The zero-order chi connectivity index (χ0) is 11.6. The molecule has 0 spiro atoms. The highest BCUT2D eigenvalue weighted by Crippen LogP contribution is 2.37. The van der Waals surface area contributed by atoms with Crippen LogP contribution in [0.4, 0.5) is 4.39 Å². The van der Waals surface area contributed by atoms with Gasteiger partial charge in [0, 0.05) is 10.0 Å². The van der Waals surface area contributed by atoms with Crippen LogP contribution in [0.2, 0.25) is 0 Å². The lowest BCUT2D eigenvalue weighted by Gasteiger charge is -2.15. The number of aliphatic hydroxyl groups is 1. The quantitative estimate of drug-likeness (QED) is 0.792. The van der Waals surface area contributed by atoms with E-state index in [1.54, 1.807) is 6.92 Å². The average molecular weight is 278 g/mol. The number of aromatic hydroxyl groups is 1. The summed E-state index contributed by atoms with van der Waals surface area (Å²) in [7, 11) is 0. The molecule has 0 saturated carbocycles. The normalized spacial score (nSPS) is 12.9. The van der Waals surface area contributed by atoms with E-state index in [0.717, 1.165) is 0 Å². The Labute approximate surface area is 95.9 Å². The van der Waals surface area contributed by atoms with Crippen molar-refractivity contribution in [3.05, 3.63) is 27.5 Å². The average Bonchev–Trinajstić information content (AvgIpc) is 2.16. The Morgan fingerprint density at radius 3 is 2.73 bits per heavy atom. The van der Waals surface area contributed by atoms with Crippen LogP contribution in [0.3, 0.4) is 0 Å². The molecule has 3 nitrogen and oxygen atoms in total. The standard InChI is InChI=1S/C10H13BrFNO2/c1-5-4-6(12)10(15)8(9(5)11)7(14)2-3-13/h4,7,14-15H,2-3,13H2,1H3. The van der Waals surface area contributed by atoms with E-state index in [0.29, 0.717) is 10.0 Å². The maximum atomic E-state index is 13.2. The molecule has 0 bridgehead atoms. The van der Waals surface area contributed by atoms with Crippen LogP contribution in [0, 0.1) is 12.7 Å². The van der Waals surface area contributed by atoms with Gasteiger partial charge in [0.25, 0.3) is 0 Å². The van der Waals surface area contributed by atoms with E-state index in [1.165, 1.54) is 6.07 Å². The number of aliphatic hydroxyl groups excluding tert-OH is 1. The molecule has 0 saturated heterocycles. The second-order valence-corrected chi connectivity index (χ2v) is 4.14. The van der Waals surface area contributed by atoms with E-state index >= 15 is 0 Å². The summed E-state index contributed by atoms with van der Waals surface area (Å²) in [6.07, 6.45) is -0.687. The Morgan fingerprint density at radius 1 is 1.60 bits per heavy atom. The fourth-order valence-corrected chi connectivity index (χ4v) is 1.94. The minimum absolute atomic E-state index is 0.165. The number of hydrogen-bond donors (Lipinski definition) is 3. The monoisotopic (exact) mass is 277 g/mol. The molecule has 0 fully saturated rings. The summed E-state index contributed by atoms with van der Waals surface area (Å²) < 4.78 is 13.7. The Balaban J connectivity index is 3.26. The first kappa shape index (κ1) is 12.4. The maximum Gasteiger partial charge on any atom is 0.165 e. The molecule has 0 aliphatic rings. The third-order valence-corrected chi connectivity index (χ3v) is 3.23. The molecule has 15 heavy (non-hydrogen) atoms. The van der Waals surface area contributed by atoms with Gasteiger partial charge in [-0.2, -0.15) is 0 Å². The minimum atomic E-state index is -0.959. The molecule has 0 amide bonds. The van der Waals surface area contributed by atoms with Crippen molar-refractivity contribution in [1.82, 2.24) is 0 Å². The van der Waals surface area contributed by atoms with Gasteiger partial charge in [-0.3, -0.25) is 0 Å². The van der Waals surface area contributed by atoms with Crippen molar-refractivity contribution < 1.29 is 14.6 Å². The maximum absolute atomic E-state index is 13.2. The highest BCUT2D eigenvalue weighted by atomic mass is 79.9. The number of phenolic OH excluding ortho intramolecular Hbond substituents is 1. The van der Waals surface area contributed by atoms with E-state index < -0.39 is 17.7 Å². The van der Waals surface area contributed by atoms with Crippen molar-refractivity contribution in [1.29, 1.82) is 0 Å². The summed E-state index contributed by atoms with van der Waals surface area (Å²) in [4.78, 5) is 0. The number of rotatable bonds is 3. The predicted octanol–water partition coefficient (Wildman–Crippen LogP) is 1.98. The second kappa shape index (κ2) is 4.92. The van der Waals surface area contributed by atoms with Gasteiger partial charge in [-0.05, 0) is 47.4 Å². The van der Waals surface area contributed by atoms with Crippen LogP contribution < -0.4 is 5.73 Å². The Bertz CT molecular complexity index is 345. The molecule has 84 valence electrons. The highest BCUT2D eigenvalue weighted by Gasteiger charge is 2.20. The topological polar surface area (TPSA) is 66.5 Å². The van der Waals surface area contributed by atoms with Crippen molar-refractivity contribution >= 4 is 15.9 Å². The van der Waals surface area contributed by atoms with Gasteiger partial charge in [0.05, 0.1) is 6.10 Å². The van der Waals surface area contributed by atoms with Crippen LogP contribution >= 0.6 is 15.9 Å². The number of phenols is 1. The third-order valence-electron chi connectivity index (χ3n) is 2.18. The summed E-state index contributed by atoms with van der Waals surface area (Å²) in [5.74, 6) is -1.25. The van der Waals surface area contributed by atoms with Crippen LogP contribution in [0.5, 0.6) is 5.75 Å². The molecule has 1 unspecified atom stereocenters. The van der Waals surface area contributed by atoms with Crippen LogP contribution in [0.1, 0.15) is 23.7 Å². The molecule has 5 heteroatoms. The van der Waals surface area contributed by atoms with Gasteiger partial charge in [0.2, 0.25) is 0 Å². The number of hydrogen-bond acceptors (Lipinski definition) is 3. The molecule has 1 aromatic rings. The number of halogens is 2. The number of nitrogens with two attached hydrogens (primary N) is 1. The van der Waals surface area contributed by atoms with E-state index in [2.05, 4.69) is 15.9 Å². The van der Waals surface area contributed by atoms with Crippen molar-refractivity contribution in [2.75, 3.05) is 6.54 Å². The molecule has 1 atom stereocenters. The van der Waals surface area contributed by atoms with Crippen molar-refractivity contribution in [3.63, 3.8) is 0 Å².